The summed E-state index contributed by atoms with van der Waals surface area (Å²) in [6.45, 7) is 4.85. The molecule has 5 heteroatoms. The summed E-state index contributed by atoms with van der Waals surface area (Å²) >= 11 is 0. The van der Waals surface area contributed by atoms with Crippen LogP contribution in [0.2, 0.25) is 0 Å². The summed E-state index contributed by atoms with van der Waals surface area (Å²) in [7, 11) is 0. The van der Waals surface area contributed by atoms with Crippen LogP contribution in [0.25, 0.3) is 0 Å². The molecule has 0 spiro atoms. The highest BCUT2D eigenvalue weighted by molar-refractivity contribution is 5.49. The molecule has 0 aliphatic carbocycles. The van der Waals surface area contributed by atoms with Crippen LogP contribution < -0.4 is 10.6 Å². The Kier molecular flexibility index (Phi) is 5.51. The molecule has 0 fully saturated rings. The van der Waals surface area contributed by atoms with E-state index >= 15 is 0 Å². The van der Waals surface area contributed by atoms with Crippen molar-refractivity contribution in [1.29, 1.82) is 0 Å². The van der Waals surface area contributed by atoms with Gasteiger partial charge in [-0.25, -0.2) is 9.97 Å². The number of aryl methyl sites for hydroxylation is 1. The quantitative estimate of drug-likeness (QED) is 0.730. The number of hydrogen-bond donors (Lipinski definition) is 3. The summed E-state index contributed by atoms with van der Waals surface area (Å²) < 4.78 is 0. The summed E-state index contributed by atoms with van der Waals surface area (Å²) in [6.07, 6.45) is 1.04. The van der Waals surface area contributed by atoms with Crippen molar-refractivity contribution in [2.24, 2.45) is 0 Å². The van der Waals surface area contributed by atoms with Gasteiger partial charge in [0.2, 0.25) is 0 Å². The summed E-state index contributed by atoms with van der Waals surface area (Å²) in [5.41, 5.74) is 1.03. The molecule has 3 N–H and O–H groups in total. The normalized spacial score (nSPS) is 12.0. The Morgan fingerprint density at radius 3 is 2.52 bits per heavy atom. The number of nitrogens with one attached hydrogen (secondary N) is 2. The SMILES string of the molecule is CCCNc1cc(NC(CO)c2ccccc2)nc(C)n1. The van der Waals surface area contributed by atoms with Crippen LogP contribution in [0.5, 0.6) is 0 Å². The van der Waals surface area contributed by atoms with E-state index in [1.54, 1.807) is 0 Å². The second kappa shape index (κ2) is 7.59. The maximum absolute atomic E-state index is 9.60. The third kappa shape index (κ3) is 4.43. The van der Waals surface area contributed by atoms with Crippen LogP contribution in [-0.2, 0) is 0 Å². The van der Waals surface area contributed by atoms with Crippen molar-refractivity contribution >= 4 is 11.6 Å². The van der Waals surface area contributed by atoms with Crippen molar-refractivity contribution < 1.29 is 5.11 Å². The lowest BCUT2D eigenvalue weighted by atomic mass is 10.1. The fourth-order valence-corrected chi connectivity index (χ4v) is 2.08. The van der Waals surface area contributed by atoms with E-state index in [1.165, 1.54) is 0 Å². The Bertz CT molecular complexity index is 559. The molecule has 5 nitrogen and oxygen atoms in total. The third-order valence-electron chi connectivity index (χ3n) is 3.10. The Hall–Kier alpha value is -2.14. The number of aliphatic hydroxyl groups excluding tert-OH is 1. The van der Waals surface area contributed by atoms with E-state index in [0.29, 0.717) is 11.6 Å². The van der Waals surface area contributed by atoms with Gasteiger partial charge in [-0.15, -0.1) is 0 Å². The van der Waals surface area contributed by atoms with Gasteiger partial charge in [-0.2, -0.15) is 0 Å². The van der Waals surface area contributed by atoms with Gasteiger partial charge in [-0.3, -0.25) is 0 Å². The molecule has 0 saturated heterocycles. The van der Waals surface area contributed by atoms with Gasteiger partial charge in [0.05, 0.1) is 12.6 Å². The predicted octanol–water partition coefficient (Wildman–Crippen LogP) is 2.75. The van der Waals surface area contributed by atoms with E-state index in [1.807, 2.05) is 43.3 Å². The van der Waals surface area contributed by atoms with E-state index in [2.05, 4.69) is 27.5 Å². The zero-order valence-electron chi connectivity index (χ0n) is 12.5. The highest BCUT2D eigenvalue weighted by Gasteiger charge is 2.11. The van der Waals surface area contributed by atoms with Crippen LogP contribution in [0.4, 0.5) is 11.6 Å². The Labute approximate surface area is 125 Å². The third-order valence-corrected chi connectivity index (χ3v) is 3.10. The molecule has 21 heavy (non-hydrogen) atoms. The highest BCUT2D eigenvalue weighted by atomic mass is 16.3. The monoisotopic (exact) mass is 286 g/mol. The van der Waals surface area contributed by atoms with Crippen LogP contribution in [0.15, 0.2) is 36.4 Å². The first kappa shape index (κ1) is 15.3. The van der Waals surface area contributed by atoms with Crippen molar-refractivity contribution in [2.45, 2.75) is 26.3 Å². The standard InChI is InChI=1S/C16H22N4O/c1-3-9-17-15-10-16(19-12(2)18-15)20-14(11-21)13-7-5-4-6-8-13/h4-8,10,14,21H,3,9,11H2,1-2H3,(H2,17,18,19,20). The van der Waals surface area contributed by atoms with Crippen LogP contribution in [0, 0.1) is 6.92 Å². The van der Waals surface area contributed by atoms with Gasteiger partial charge in [-0.05, 0) is 18.9 Å². The number of aliphatic hydroxyl groups is 1. The smallest absolute Gasteiger partial charge is 0.132 e. The first-order chi connectivity index (χ1) is 10.2. The summed E-state index contributed by atoms with van der Waals surface area (Å²) in [5, 5.41) is 16.1. The second-order valence-electron chi connectivity index (χ2n) is 4.90. The van der Waals surface area contributed by atoms with E-state index in [0.717, 1.165) is 24.3 Å². The molecule has 0 radical (unpaired) electrons. The molecule has 1 unspecified atom stereocenters. The molecule has 0 aliphatic heterocycles. The minimum Gasteiger partial charge on any atom is -0.394 e. The Balaban J connectivity index is 2.15. The number of aromatic nitrogens is 2. The van der Waals surface area contributed by atoms with Crippen molar-refractivity contribution in [3.05, 3.63) is 47.8 Å². The van der Waals surface area contributed by atoms with Gasteiger partial charge in [0.25, 0.3) is 0 Å². The molecular weight excluding hydrogens is 264 g/mol. The van der Waals surface area contributed by atoms with Gasteiger partial charge < -0.3 is 15.7 Å². The second-order valence-corrected chi connectivity index (χ2v) is 4.90. The van der Waals surface area contributed by atoms with Crippen LogP contribution in [0.1, 0.15) is 30.8 Å². The largest absolute Gasteiger partial charge is 0.394 e. The molecule has 0 saturated carbocycles. The fraction of sp³-hybridized carbons (Fsp3) is 0.375. The first-order valence-corrected chi connectivity index (χ1v) is 7.24. The van der Waals surface area contributed by atoms with Gasteiger partial charge in [0, 0.05) is 12.6 Å². The molecule has 2 aromatic rings. The van der Waals surface area contributed by atoms with E-state index in [4.69, 9.17) is 0 Å². The zero-order valence-corrected chi connectivity index (χ0v) is 12.5. The molecule has 1 heterocycles. The Morgan fingerprint density at radius 2 is 1.86 bits per heavy atom. The minimum absolute atomic E-state index is 0.00475. The first-order valence-electron chi connectivity index (χ1n) is 7.24. The van der Waals surface area contributed by atoms with Crippen molar-refractivity contribution in [3.63, 3.8) is 0 Å². The number of nitrogens with zero attached hydrogens (tertiary/aromatic N) is 2. The lowest BCUT2D eigenvalue weighted by molar-refractivity contribution is 0.276. The molecule has 0 bridgehead atoms. The van der Waals surface area contributed by atoms with Crippen molar-refractivity contribution in [1.82, 2.24) is 9.97 Å². The molecule has 0 amide bonds. The average Bonchev–Trinajstić information content (AvgIpc) is 2.51. The molecule has 1 aromatic carbocycles. The highest BCUT2D eigenvalue weighted by Crippen LogP contribution is 2.19. The lowest BCUT2D eigenvalue weighted by Gasteiger charge is -2.18. The summed E-state index contributed by atoms with van der Waals surface area (Å²) in [4.78, 5) is 8.73. The van der Waals surface area contributed by atoms with Crippen molar-refractivity contribution in [3.8, 4) is 0 Å². The molecule has 1 atom stereocenters. The number of anilines is 2. The van der Waals surface area contributed by atoms with Gasteiger partial charge >= 0.3 is 0 Å². The topological polar surface area (TPSA) is 70.1 Å². The number of rotatable bonds is 7. The summed E-state index contributed by atoms with van der Waals surface area (Å²) in [6, 6.07) is 11.5. The zero-order chi connectivity index (χ0) is 15.1. The molecular formula is C16H22N4O. The van der Waals surface area contributed by atoms with Gasteiger partial charge in [-0.1, -0.05) is 37.3 Å². The van der Waals surface area contributed by atoms with E-state index in [-0.39, 0.29) is 12.6 Å². The predicted molar refractivity (Wildman–Crippen MR) is 85.4 cm³/mol. The van der Waals surface area contributed by atoms with Crippen LogP contribution >= 0.6 is 0 Å². The van der Waals surface area contributed by atoms with Gasteiger partial charge in [0.1, 0.15) is 17.5 Å². The molecule has 1 aromatic heterocycles. The maximum Gasteiger partial charge on any atom is 0.132 e. The number of benzene rings is 1. The lowest BCUT2D eigenvalue weighted by Crippen LogP contribution is -2.16. The molecule has 112 valence electrons. The summed E-state index contributed by atoms with van der Waals surface area (Å²) in [5.74, 6) is 2.21. The van der Waals surface area contributed by atoms with Crippen molar-refractivity contribution in [2.75, 3.05) is 23.8 Å². The van der Waals surface area contributed by atoms with E-state index < -0.39 is 0 Å². The molecule has 2 rings (SSSR count). The van der Waals surface area contributed by atoms with Gasteiger partial charge in [0.15, 0.2) is 0 Å². The number of hydrogen-bond acceptors (Lipinski definition) is 5. The maximum atomic E-state index is 9.60. The Morgan fingerprint density at radius 1 is 1.14 bits per heavy atom. The van der Waals surface area contributed by atoms with Crippen LogP contribution in [-0.4, -0.2) is 28.2 Å². The van der Waals surface area contributed by atoms with Crippen LogP contribution in [0.3, 0.4) is 0 Å². The fourth-order valence-electron chi connectivity index (χ4n) is 2.08. The minimum atomic E-state index is -0.181. The average molecular weight is 286 g/mol. The molecule has 0 aliphatic rings. The van der Waals surface area contributed by atoms with E-state index in [9.17, 15) is 5.11 Å².